The van der Waals surface area contributed by atoms with Crippen LogP contribution in [0, 0.1) is 18.8 Å². The Balaban J connectivity index is 1.20. The molecule has 1 saturated carbocycles. The summed E-state index contributed by atoms with van der Waals surface area (Å²) in [5, 5.41) is 7.53. The van der Waals surface area contributed by atoms with E-state index in [2.05, 4.69) is 74.1 Å². The third-order valence-electron chi connectivity index (χ3n) is 9.59. The number of fused-ring (bicyclic) bond motifs is 2. The standard InChI is InChI=1S/C36H38N8O3/c1-5-33(45)39-28-12-29(32(46-4)13-31(28)43-18-22-16-42(3)17-23(22)19-43)40-36-38-15-26(35-37-14-21(2)47-35)34(41-36)27-20-44(24-10-11-24)30-9-7-6-8-25(27)30/h5-9,12-15,20,22-24H,1,10-11,16-19H2,2-4H3,(H,39,45)(H,38,40,41)/t22-,23+. The third kappa shape index (κ3) is 5.40. The number of aromatic nitrogens is 4. The number of anilines is 4. The molecule has 0 unspecified atom stereocenters. The Morgan fingerprint density at radius 3 is 2.53 bits per heavy atom. The number of hydrogen-bond donors (Lipinski definition) is 2. The van der Waals surface area contributed by atoms with Crippen molar-refractivity contribution in [3.8, 4) is 28.5 Å². The molecule has 2 atom stereocenters. The molecule has 0 radical (unpaired) electrons. The Labute approximate surface area is 273 Å². The summed E-state index contributed by atoms with van der Waals surface area (Å²) in [5.41, 5.74) is 5.79. The van der Waals surface area contributed by atoms with E-state index in [1.54, 1.807) is 19.5 Å². The number of carbonyl (C=O) groups is 1. The van der Waals surface area contributed by atoms with E-state index in [9.17, 15) is 4.79 Å². The van der Waals surface area contributed by atoms with Crippen LogP contribution in [0.2, 0.25) is 0 Å². The van der Waals surface area contributed by atoms with Crippen molar-refractivity contribution in [2.24, 2.45) is 11.8 Å². The number of para-hydroxylation sites is 1. The van der Waals surface area contributed by atoms with E-state index in [-0.39, 0.29) is 5.91 Å². The van der Waals surface area contributed by atoms with Crippen molar-refractivity contribution < 1.29 is 13.9 Å². The maximum Gasteiger partial charge on any atom is 0.247 e. The fourth-order valence-electron chi connectivity index (χ4n) is 7.26. The minimum absolute atomic E-state index is 0.280. The van der Waals surface area contributed by atoms with Gasteiger partial charge in [-0.25, -0.2) is 15.0 Å². The number of aryl methyl sites for hydroxylation is 1. The Morgan fingerprint density at radius 1 is 1.04 bits per heavy atom. The van der Waals surface area contributed by atoms with E-state index in [0.717, 1.165) is 55.7 Å². The highest BCUT2D eigenvalue weighted by atomic mass is 16.5. The molecule has 3 aromatic heterocycles. The number of nitrogens with one attached hydrogen (secondary N) is 2. The van der Waals surface area contributed by atoms with E-state index < -0.39 is 0 Å². The molecule has 5 aromatic rings. The Morgan fingerprint density at radius 2 is 1.83 bits per heavy atom. The van der Waals surface area contributed by atoms with Gasteiger partial charge in [-0.1, -0.05) is 24.8 Å². The number of ether oxygens (including phenoxy) is 1. The van der Waals surface area contributed by atoms with Crippen LogP contribution in [0.15, 0.2) is 72.1 Å². The molecule has 8 rings (SSSR count). The number of rotatable bonds is 9. The van der Waals surface area contributed by atoms with Gasteiger partial charge in [0.05, 0.1) is 41.6 Å². The predicted octanol–water partition coefficient (Wildman–Crippen LogP) is 6.27. The van der Waals surface area contributed by atoms with Crippen molar-refractivity contribution in [2.75, 3.05) is 55.9 Å². The molecule has 1 amide bonds. The normalized spacial score (nSPS) is 19.3. The number of methoxy groups -OCH3 is 1. The van der Waals surface area contributed by atoms with Gasteiger partial charge in [0.1, 0.15) is 11.5 Å². The Kier molecular flexibility index (Phi) is 7.20. The zero-order valence-electron chi connectivity index (χ0n) is 26.9. The summed E-state index contributed by atoms with van der Waals surface area (Å²) in [7, 11) is 3.83. The zero-order valence-corrected chi connectivity index (χ0v) is 26.9. The molecule has 2 N–H and O–H groups in total. The fourth-order valence-corrected chi connectivity index (χ4v) is 7.26. The molecule has 240 valence electrons. The van der Waals surface area contributed by atoms with Gasteiger partial charge in [-0.15, -0.1) is 0 Å². The van der Waals surface area contributed by atoms with Crippen molar-refractivity contribution in [3.63, 3.8) is 0 Å². The first-order chi connectivity index (χ1) is 22.9. The maximum absolute atomic E-state index is 12.6. The van der Waals surface area contributed by atoms with Crippen LogP contribution in [0.3, 0.4) is 0 Å². The lowest BCUT2D eigenvalue weighted by Gasteiger charge is -2.26. The molecule has 1 aliphatic carbocycles. The number of benzene rings is 2. The number of hydrogen-bond acceptors (Lipinski definition) is 9. The van der Waals surface area contributed by atoms with Gasteiger partial charge in [-0.05, 0) is 56.9 Å². The van der Waals surface area contributed by atoms with Crippen LogP contribution in [0.4, 0.5) is 23.0 Å². The Bertz CT molecular complexity index is 2000. The molecule has 0 bridgehead atoms. The molecule has 3 fully saturated rings. The monoisotopic (exact) mass is 630 g/mol. The van der Waals surface area contributed by atoms with Crippen LogP contribution in [-0.4, -0.2) is 70.7 Å². The summed E-state index contributed by atoms with van der Waals surface area (Å²) < 4.78 is 14.2. The summed E-state index contributed by atoms with van der Waals surface area (Å²) in [4.78, 5) is 31.7. The molecular weight excluding hydrogens is 592 g/mol. The molecular formula is C36H38N8O3. The molecule has 47 heavy (non-hydrogen) atoms. The van der Waals surface area contributed by atoms with Crippen LogP contribution in [-0.2, 0) is 4.79 Å². The van der Waals surface area contributed by atoms with E-state index >= 15 is 0 Å². The molecule has 5 heterocycles. The van der Waals surface area contributed by atoms with Crippen LogP contribution in [0.1, 0.15) is 24.6 Å². The van der Waals surface area contributed by atoms with Gasteiger partial charge in [0, 0.05) is 67.1 Å². The van der Waals surface area contributed by atoms with E-state index in [0.29, 0.717) is 63.9 Å². The molecule has 3 aliphatic rings. The second-order valence-electron chi connectivity index (χ2n) is 13.0. The Hall–Kier alpha value is -5.16. The predicted molar refractivity (Wildman–Crippen MR) is 183 cm³/mol. The first-order valence-electron chi connectivity index (χ1n) is 16.1. The van der Waals surface area contributed by atoms with Crippen LogP contribution in [0.25, 0.3) is 33.6 Å². The minimum Gasteiger partial charge on any atom is -0.494 e. The average molecular weight is 631 g/mol. The van der Waals surface area contributed by atoms with Gasteiger partial charge in [0.25, 0.3) is 0 Å². The van der Waals surface area contributed by atoms with E-state index in [1.807, 2.05) is 19.1 Å². The summed E-state index contributed by atoms with van der Waals surface area (Å²) in [6.45, 7) is 9.54. The number of amides is 1. The topological polar surface area (TPSA) is 114 Å². The summed E-state index contributed by atoms with van der Waals surface area (Å²) in [6, 6.07) is 12.8. The van der Waals surface area contributed by atoms with Crippen molar-refractivity contribution >= 4 is 39.8 Å². The first kappa shape index (κ1) is 29.3. The highest BCUT2D eigenvalue weighted by Gasteiger charge is 2.39. The molecule has 0 spiro atoms. The van der Waals surface area contributed by atoms with Gasteiger partial charge < -0.3 is 34.2 Å². The van der Waals surface area contributed by atoms with Crippen molar-refractivity contribution in [2.45, 2.75) is 25.8 Å². The van der Waals surface area contributed by atoms with Crippen molar-refractivity contribution in [1.82, 2.24) is 24.4 Å². The lowest BCUT2D eigenvalue weighted by atomic mass is 10.0. The highest BCUT2D eigenvalue weighted by molar-refractivity contribution is 6.02. The lowest BCUT2D eigenvalue weighted by Crippen LogP contribution is -2.27. The molecule has 2 aromatic carbocycles. The number of likely N-dealkylation sites (tertiary alicyclic amines) is 1. The molecule has 11 nitrogen and oxygen atoms in total. The van der Waals surface area contributed by atoms with Gasteiger partial charge in [-0.2, -0.15) is 0 Å². The fraction of sp³-hybridized carbons (Fsp3) is 0.333. The number of nitrogens with zero attached hydrogens (tertiary/aromatic N) is 6. The van der Waals surface area contributed by atoms with Gasteiger partial charge >= 0.3 is 0 Å². The zero-order chi connectivity index (χ0) is 32.2. The summed E-state index contributed by atoms with van der Waals surface area (Å²) in [6.07, 6.45) is 9.25. The van der Waals surface area contributed by atoms with Crippen LogP contribution in [0.5, 0.6) is 5.75 Å². The van der Waals surface area contributed by atoms with Crippen molar-refractivity contribution in [3.05, 3.63) is 73.4 Å². The number of carbonyl (C=O) groups excluding carboxylic acids is 1. The largest absolute Gasteiger partial charge is 0.494 e. The average Bonchev–Trinajstić information content (AvgIpc) is 3.34. The maximum atomic E-state index is 12.6. The van der Waals surface area contributed by atoms with Crippen molar-refractivity contribution in [1.29, 1.82) is 0 Å². The van der Waals surface area contributed by atoms with Gasteiger partial charge in [0.15, 0.2) is 0 Å². The van der Waals surface area contributed by atoms with E-state index in [4.69, 9.17) is 19.1 Å². The summed E-state index contributed by atoms with van der Waals surface area (Å²) in [5.74, 6) is 3.07. The van der Waals surface area contributed by atoms with Gasteiger partial charge in [0.2, 0.25) is 17.7 Å². The highest BCUT2D eigenvalue weighted by Crippen LogP contribution is 2.44. The first-order valence-corrected chi connectivity index (χ1v) is 16.1. The minimum atomic E-state index is -0.280. The molecule has 2 saturated heterocycles. The molecule has 2 aliphatic heterocycles. The second kappa shape index (κ2) is 11.6. The van der Waals surface area contributed by atoms with Crippen LogP contribution >= 0.6 is 0 Å². The van der Waals surface area contributed by atoms with Crippen LogP contribution < -0.4 is 20.3 Å². The lowest BCUT2D eigenvalue weighted by molar-refractivity contribution is -0.111. The smallest absolute Gasteiger partial charge is 0.247 e. The summed E-state index contributed by atoms with van der Waals surface area (Å²) >= 11 is 0. The SMILES string of the molecule is C=CC(=O)Nc1cc(Nc2ncc(-c3ncc(C)o3)c(-c3cn(C4CC4)c4ccccc34)n2)c(OC)cc1N1C[C@H]2CN(C)C[C@H]2C1. The number of oxazole rings is 1. The van der Waals surface area contributed by atoms with E-state index in [1.165, 1.54) is 11.6 Å². The third-order valence-corrected chi connectivity index (χ3v) is 9.59. The van der Waals surface area contributed by atoms with Gasteiger partial charge in [-0.3, -0.25) is 4.79 Å². The quantitative estimate of drug-likeness (QED) is 0.182. The molecule has 11 heteroatoms. The second-order valence-corrected chi connectivity index (χ2v) is 13.0.